The van der Waals surface area contributed by atoms with Gasteiger partial charge >= 0.3 is 0 Å². The highest BCUT2D eigenvalue weighted by Crippen LogP contribution is 2.16. The molecule has 0 aliphatic rings. The van der Waals surface area contributed by atoms with Crippen LogP contribution in [-0.2, 0) is 4.79 Å². The molecule has 0 aliphatic heterocycles. The summed E-state index contributed by atoms with van der Waals surface area (Å²) in [5, 5.41) is 4.41. The lowest BCUT2D eigenvalue weighted by molar-refractivity contribution is -0.123. The largest absolute Gasteiger partial charge is 0.497 e. The summed E-state index contributed by atoms with van der Waals surface area (Å²) in [6, 6.07) is 14.1. The molecule has 114 valence electrons. The molecule has 0 aromatic heterocycles. The lowest BCUT2D eigenvalue weighted by atomic mass is 10.2. The first-order valence-electron chi connectivity index (χ1n) is 6.52. The summed E-state index contributed by atoms with van der Waals surface area (Å²) in [5.74, 6) is 0.933. The zero-order chi connectivity index (χ0) is 15.8. The van der Waals surface area contributed by atoms with Gasteiger partial charge in [-0.25, -0.2) is 5.43 Å². The number of hydrazone groups is 1. The van der Waals surface area contributed by atoms with E-state index < -0.39 is 0 Å². The number of nitrogens with one attached hydrogen (secondary N) is 1. The fraction of sp³-hybridized carbons (Fsp3) is 0.125. The lowest BCUT2D eigenvalue weighted by Crippen LogP contribution is -2.24. The summed E-state index contributed by atoms with van der Waals surface area (Å²) in [7, 11) is 1.60. The van der Waals surface area contributed by atoms with Crippen LogP contribution in [0.1, 0.15) is 5.56 Å². The molecule has 2 rings (SSSR count). The minimum Gasteiger partial charge on any atom is -0.497 e. The van der Waals surface area contributed by atoms with E-state index in [1.165, 1.54) is 6.21 Å². The fourth-order valence-electron chi connectivity index (χ4n) is 1.61. The summed E-state index contributed by atoms with van der Waals surface area (Å²) < 4.78 is 10.3. The van der Waals surface area contributed by atoms with E-state index in [1.807, 2.05) is 24.3 Å². The molecule has 0 saturated carbocycles. The van der Waals surface area contributed by atoms with Gasteiger partial charge in [-0.2, -0.15) is 5.10 Å². The monoisotopic (exact) mass is 318 g/mol. The normalized spacial score (nSPS) is 10.5. The van der Waals surface area contributed by atoms with Crippen molar-refractivity contribution < 1.29 is 14.3 Å². The molecule has 0 unspecified atom stereocenters. The van der Waals surface area contributed by atoms with Crippen LogP contribution in [0.4, 0.5) is 0 Å². The Morgan fingerprint density at radius 2 is 2.00 bits per heavy atom. The van der Waals surface area contributed by atoms with Crippen molar-refractivity contribution in [1.82, 2.24) is 5.43 Å². The van der Waals surface area contributed by atoms with E-state index in [0.717, 1.165) is 11.3 Å². The molecular weight excluding hydrogens is 304 g/mol. The van der Waals surface area contributed by atoms with Gasteiger partial charge in [-0.3, -0.25) is 4.79 Å². The maximum absolute atomic E-state index is 11.6. The first-order chi connectivity index (χ1) is 10.7. The maximum Gasteiger partial charge on any atom is 0.277 e. The molecule has 0 bridgehead atoms. The highest BCUT2D eigenvalue weighted by Gasteiger charge is 2.01. The Balaban J connectivity index is 1.78. The highest BCUT2D eigenvalue weighted by molar-refractivity contribution is 6.30. The molecule has 0 fully saturated rings. The van der Waals surface area contributed by atoms with E-state index >= 15 is 0 Å². The first kappa shape index (κ1) is 15.9. The Kier molecular flexibility index (Phi) is 5.80. The Morgan fingerprint density at radius 1 is 1.23 bits per heavy atom. The van der Waals surface area contributed by atoms with Gasteiger partial charge in [0.2, 0.25) is 0 Å². The molecule has 2 aromatic rings. The van der Waals surface area contributed by atoms with Crippen molar-refractivity contribution in [2.75, 3.05) is 13.7 Å². The van der Waals surface area contributed by atoms with Crippen molar-refractivity contribution >= 4 is 23.7 Å². The molecule has 0 atom stereocenters. The van der Waals surface area contributed by atoms with Gasteiger partial charge in [-0.15, -0.1) is 0 Å². The second kappa shape index (κ2) is 8.05. The Hall–Kier alpha value is -2.53. The molecular formula is C16H15ClN2O3. The van der Waals surface area contributed by atoms with Crippen LogP contribution in [0.5, 0.6) is 11.5 Å². The van der Waals surface area contributed by atoms with Crippen LogP contribution in [0.25, 0.3) is 0 Å². The summed E-state index contributed by atoms with van der Waals surface area (Å²) >= 11 is 5.82. The second-order valence-corrected chi connectivity index (χ2v) is 4.75. The molecule has 5 nitrogen and oxygen atoms in total. The molecule has 1 amide bonds. The van der Waals surface area contributed by atoms with Crippen molar-refractivity contribution in [1.29, 1.82) is 0 Å². The number of carbonyl (C=O) groups excluding carboxylic acids is 1. The molecule has 22 heavy (non-hydrogen) atoms. The zero-order valence-corrected chi connectivity index (χ0v) is 12.7. The van der Waals surface area contributed by atoms with Crippen molar-refractivity contribution in [2.45, 2.75) is 0 Å². The predicted molar refractivity (Wildman–Crippen MR) is 85.7 cm³/mol. The third-order valence-electron chi connectivity index (χ3n) is 2.68. The molecule has 6 heteroatoms. The Bertz CT molecular complexity index is 657. The summed E-state index contributed by atoms with van der Waals surface area (Å²) in [6.07, 6.45) is 1.54. The zero-order valence-electron chi connectivity index (χ0n) is 12.0. The van der Waals surface area contributed by atoms with Crippen molar-refractivity contribution in [3.05, 3.63) is 59.1 Å². The standard InChI is InChI=1S/C16H15ClN2O3/c1-21-14-7-5-12(6-8-14)10-18-19-16(20)11-22-15-4-2-3-13(17)9-15/h2-10H,11H2,1H3,(H,19,20)/b18-10+. The van der Waals surface area contributed by atoms with Crippen LogP contribution in [0, 0.1) is 0 Å². The summed E-state index contributed by atoms with van der Waals surface area (Å²) in [4.78, 5) is 11.6. The Labute approximate surface area is 133 Å². The summed E-state index contributed by atoms with van der Waals surface area (Å²) in [6.45, 7) is -0.139. The van der Waals surface area contributed by atoms with E-state index in [4.69, 9.17) is 21.1 Å². The smallest absolute Gasteiger partial charge is 0.277 e. The van der Waals surface area contributed by atoms with Gasteiger partial charge in [0.1, 0.15) is 11.5 Å². The fourth-order valence-corrected chi connectivity index (χ4v) is 1.79. The number of carbonyl (C=O) groups is 1. The lowest BCUT2D eigenvalue weighted by Gasteiger charge is -2.05. The first-order valence-corrected chi connectivity index (χ1v) is 6.89. The van der Waals surface area contributed by atoms with Crippen molar-refractivity contribution in [3.8, 4) is 11.5 Å². The maximum atomic E-state index is 11.6. The molecule has 0 aliphatic carbocycles. The van der Waals surface area contributed by atoms with Gasteiger partial charge in [0, 0.05) is 5.02 Å². The average Bonchev–Trinajstić information content (AvgIpc) is 2.54. The number of rotatable bonds is 6. The van der Waals surface area contributed by atoms with E-state index in [2.05, 4.69) is 10.5 Å². The highest BCUT2D eigenvalue weighted by atomic mass is 35.5. The minimum atomic E-state index is -0.357. The van der Waals surface area contributed by atoms with Gasteiger partial charge < -0.3 is 9.47 Å². The number of amides is 1. The number of hydrogen-bond acceptors (Lipinski definition) is 4. The van der Waals surface area contributed by atoms with E-state index in [0.29, 0.717) is 10.8 Å². The summed E-state index contributed by atoms with van der Waals surface area (Å²) in [5.41, 5.74) is 3.23. The minimum absolute atomic E-state index is 0.139. The number of ether oxygens (including phenoxy) is 2. The van der Waals surface area contributed by atoms with Crippen LogP contribution in [-0.4, -0.2) is 25.8 Å². The van der Waals surface area contributed by atoms with Crippen LogP contribution >= 0.6 is 11.6 Å². The van der Waals surface area contributed by atoms with E-state index in [-0.39, 0.29) is 12.5 Å². The molecule has 2 aromatic carbocycles. The van der Waals surface area contributed by atoms with Crippen LogP contribution in [0.3, 0.4) is 0 Å². The number of methoxy groups -OCH3 is 1. The third-order valence-corrected chi connectivity index (χ3v) is 2.92. The van der Waals surface area contributed by atoms with E-state index in [9.17, 15) is 4.79 Å². The molecule has 1 N–H and O–H groups in total. The van der Waals surface area contributed by atoms with Gasteiger partial charge in [0.25, 0.3) is 5.91 Å². The molecule has 0 spiro atoms. The van der Waals surface area contributed by atoms with Crippen LogP contribution in [0.15, 0.2) is 53.6 Å². The van der Waals surface area contributed by atoms with Gasteiger partial charge in [-0.1, -0.05) is 17.7 Å². The molecule has 0 saturated heterocycles. The second-order valence-electron chi connectivity index (χ2n) is 4.31. The number of benzene rings is 2. The number of halogens is 1. The predicted octanol–water partition coefficient (Wildman–Crippen LogP) is 2.88. The topological polar surface area (TPSA) is 59.9 Å². The van der Waals surface area contributed by atoms with Gasteiger partial charge in [0.05, 0.1) is 13.3 Å². The number of hydrogen-bond donors (Lipinski definition) is 1. The quantitative estimate of drug-likeness (QED) is 0.658. The van der Waals surface area contributed by atoms with Crippen LogP contribution < -0.4 is 14.9 Å². The van der Waals surface area contributed by atoms with Crippen molar-refractivity contribution in [2.24, 2.45) is 5.10 Å². The Morgan fingerprint density at radius 3 is 2.68 bits per heavy atom. The molecule has 0 heterocycles. The van der Waals surface area contributed by atoms with Gasteiger partial charge in [-0.05, 0) is 48.0 Å². The van der Waals surface area contributed by atoms with E-state index in [1.54, 1.807) is 31.4 Å². The van der Waals surface area contributed by atoms with Gasteiger partial charge in [0.15, 0.2) is 6.61 Å². The third kappa shape index (κ3) is 5.10. The number of nitrogens with zero attached hydrogens (tertiary/aromatic N) is 1. The molecule has 0 radical (unpaired) electrons. The average molecular weight is 319 g/mol. The SMILES string of the molecule is COc1ccc(/C=N/NC(=O)COc2cccc(Cl)c2)cc1. The van der Waals surface area contributed by atoms with Crippen LogP contribution in [0.2, 0.25) is 5.02 Å². The van der Waals surface area contributed by atoms with Crippen molar-refractivity contribution in [3.63, 3.8) is 0 Å².